The number of benzene rings is 2. The summed E-state index contributed by atoms with van der Waals surface area (Å²) in [6.45, 7) is 5.47. The summed E-state index contributed by atoms with van der Waals surface area (Å²) in [6.07, 6.45) is 2.02. The Morgan fingerprint density at radius 2 is 1.70 bits per heavy atom. The summed E-state index contributed by atoms with van der Waals surface area (Å²) in [7, 11) is 1.64. The number of piperidine rings is 1. The average molecular weight is 413 g/mol. The van der Waals surface area contributed by atoms with E-state index >= 15 is 0 Å². The van der Waals surface area contributed by atoms with Crippen molar-refractivity contribution >= 4 is 6.09 Å². The first-order valence-corrected chi connectivity index (χ1v) is 10.6. The van der Waals surface area contributed by atoms with E-state index in [2.05, 4.69) is 11.8 Å². The highest BCUT2D eigenvalue weighted by molar-refractivity contribution is 5.72. The van der Waals surface area contributed by atoms with Crippen molar-refractivity contribution in [1.82, 2.24) is 9.80 Å². The molecule has 6 heteroatoms. The van der Waals surface area contributed by atoms with Gasteiger partial charge in [0.25, 0.3) is 0 Å². The van der Waals surface area contributed by atoms with Gasteiger partial charge in [-0.1, -0.05) is 31.2 Å². The molecule has 1 amide bonds. The number of amides is 1. The van der Waals surface area contributed by atoms with Gasteiger partial charge in [-0.05, 0) is 48.4 Å². The van der Waals surface area contributed by atoms with Crippen molar-refractivity contribution in [3.63, 3.8) is 0 Å². The second-order valence-electron chi connectivity index (χ2n) is 8.19. The van der Waals surface area contributed by atoms with Crippen LogP contribution in [-0.4, -0.2) is 54.3 Å². The van der Waals surface area contributed by atoms with E-state index in [1.54, 1.807) is 19.2 Å². The average Bonchev–Trinajstić information content (AvgIpc) is 3.01. The van der Waals surface area contributed by atoms with Crippen molar-refractivity contribution in [2.45, 2.75) is 44.4 Å². The SMILES string of the molecule is CCN1CCC2(CC1)OC(=O)N(Cc1ccc(OC)cc1)C2Cc1ccc(F)cc1. The zero-order valence-electron chi connectivity index (χ0n) is 17.6. The van der Waals surface area contributed by atoms with Crippen LogP contribution in [0.4, 0.5) is 9.18 Å². The third-order valence-electron chi connectivity index (χ3n) is 6.51. The van der Waals surface area contributed by atoms with Crippen LogP contribution in [0.5, 0.6) is 5.75 Å². The van der Waals surface area contributed by atoms with Gasteiger partial charge in [0.2, 0.25) is 0 Å². The smallest absolute Gasteiger partial charge is 0.411 e. The molecule has 1 atom stereocenters. The van der Waals surface area contributed by atoms with Gasteiger partial charge in [-0.2, -0.15) is 0 Å². The Hall–Kier alpha value is -2.60. The summed E-state index contributed by atoms with van der Waals surface area (Å²) >= 11 is 0. The van der Waals surface area contributed by atoms with Gasteiger partial charge < -0.3 is 14.4 Å². The maximum Gasteiger partial charge on any atom is 0.411 e. The highest BCUT2D eigenvalue weighted by Crippen LogP contribution is 2.41. The quantitative estimate of drug-likeness (QED) is 0.711. The van der Waals surface area contributed by atoms with Crippen molar-refractivity contribution in [3.8, 4) is 5.75 Å². The zero-order chi connectivity index (χ0) is 21.1. The second kappa shape index (κ2) is 8.64. The van der Waals surface area contributed by atoms with Crippen LogP contribution in [0.2, 0.25) is 0 Å². The number of hydrogen-bond acceptors (Lipinski definition) is 4. The molecule has 2 aromatic rings. The Labute approximate surface area is 177 Å². The molecule has 0 aromatic heterocycles. The van der Waals surface area contributed by atoms with Crippen molar-refractivity contribution in [2.24, 2.45) is 0 Å². The molecule has 0 saturated carbocycles. The first-order valence-electron chi connectivity index (χ1n) is 10.6. The zero-order valence-corrected chi connectivity index (χ0v) is 17.6. The van der Waals surface area contributed by atoms with Crippen LogP contribution in [0.25, 0.3) is 0 Å². The van der Waals surface area contributed by atoms with E-state index in [0.717, 1.165) is 49.4 Å². The topological polar surface area (TPSA) is 42.0 Å². The van der Waals surface area contributed by atoms with Crippen LogP contribution < -0.4 is 4.74 Å². The number of carbonyl (C=O) groups excluding carboxylic acids is 1. The molecule has 160 valence electrons. The molecule has 5 nitrogen and oxygen atoms in total. The maximum absolute atomic E-state index is 13.4. The number of hydrogen-bond donors (Lipinski definition) is 0. The Bertz CT molecular complexity index is 861. The Morgan fingerprint density at radius 1 is 1.07 bits per heavy atom. The lowest BCUT2D eigenvalue weighted by Gasteiger charge is -2.41. The molecule has 2 aromatic carbocycles. The minimum Gasteiger partial charge on any atom is -0.497 e. The van der Waals surface area contributed by atoms with Crippen molar-refractivity contribution in [2.75, 3.05) is 26.7 Å². The molecule has 30 heavy (non-hydrogen) atoms. The summed E-state index contributed by atoms with van der Waals surface area (Å²) in [5.41, 5.74) is 1.54. The van der Waals surface area contributed by atoms with Gasteiger partial charge in [-0.15, -0.1) is 0 Å². The van der Waals surface area contributed by atoms with Crippen LogP contribution >= 0.6 is 0 Å². The van der Waals surface area contributed by atoms with Gasteiger partial charge in [-0.3, -0.25) is 4.90 Å². The largest absolute Gasteiger partial charge is 0.497 e. The van der Waals surface area contributed by atoms with Crippen LogP contribution in [0.1, 0.15) is 30.9 Å². The summed E-state index contributed by atoms with van der Waals surface area (Å²) in [5.74, 6) is 0.535. The molecule has 2 aliphatic heterocycles. The number of methoxy groups -OCH3 is 1. The Balaban J connectivity index is 1.60. The van der Waals surface area contributed by atoms with Gasteiger partial charge in [0.15, 0.2) is 0 Å². The number of rotatable bonds is 6. The minimum atomic E-state index is -0.496. The van der Waals surface area contributed by atoms with E-state index in [4.69, 9.17) is 9.47 Å². The summed E-state index contributed by atoms with van der Waals surface area (Å²) < 4.78 is 24.7. The molecule has 2 aliphatic rings. The number of carbonyl (C=O) groups is 1. The lowest BCUT2D eigenvalue weighted by Crippen LogP contribution is -2.53. The molecule has 0 bridgehead atoms. The number of likely N-dealkylation sites (tertiary alicyclic amines) is 1. The predicted molar refractivity (Wildman–Crippen MR) is 113 cm³/mol. The lowest BCUT2D eigenvalue weighted by molar-refractivity contribution is -0.0206. The molecule has 1 unspecified atom stereocenters. The number of ether oxygens (including phenoxy) is 2. The Kier molecular flexibility index (Phi) is 5.95. The predicted octanol–water partition coefficient (Wildman–Crippen LogP) is 4.25. The van der Waals surface area contributed by atoms with E-state index in [9.17, 15) is 9.18 Å². The molecule has 1 spiro atoms. The van der Waals surface area contributed by atoms with Gasteiger partial charge in [0.05, 0.1) is 13.2 Å². The van der Waals surface area contributed by atoms with Gasteiger partial charge >= 0.3 is 6.09 Å². The third-order valence-corrected chi connectivity index (χ3v) is 6.51. The van der Waals surface area contributed by atoms with Gasteiger partial charge in [0.1, 0.15) is 17.2 Å². The molecular formula is C24H29FN2O3. The van der Waals surface area contributed by atoms with E-state index in [-0.39, 0.29) is 18.0 Å². The van der Waals surface area contributed by atoms with E-state index in [0.29, 0.717) is 13.0 Å². The standard InChI is InChI=1S/C24H29FN2O3/c1-3-26-14-12-24(13-15-26)22(16-18-4-8-20(25)9-5-18)27(23(28)30-24)17-19-6-10-21(29-2)11-7-19/h4-11,22H,3,12-17H2,1-2H3. The molecule has 2 heterocycles. The molecule has 0 N–H and O–H groups in total. The van der Waals surface area contributed by atoms with E-state index < -0.39 is 5.60 Å². The van der Waals surface area contributed by atoms with Crippen molar-refractivity contribution in [3.05, 3.63) is 65.5 Å². The normalized spacial score (nSPS) is 21.1. The monoisotopic (exact) mass is 412 g/mol. The highest BCUT2D eigenvalue weighted by atomic mass is 19.1. The van der Waals surface area contributed by atoms with Gasteiger partial charge in [-0.25, -0.2) is 9.18 Å². The highest BCUT2D eigenvalue weighted by Gasteiger charge is 2.54. The Morgan fingerprint density at radius 3 is 2.30 bits per heavy atom. The maximum atomic E-state index is 13.4. The fourth-order valence-corrected chi connectivity index (χ4v) is 4.64. The molecular weight excluding hydrogens is 383 g/mol. The van der Waals surface area contributed by atoms with E-state index in [1.807, 2.05) is 29.2 Å². The van der Waals surface area contributed by atoms with Crippen LogP contribution in [0.15, 0.2) is 48.5 Å². The van der Waals surface area contributed by atoms with Crippen molar-refractivity contribution < 1.29 is 18.7 Å². The van der Waals surface area contributed by atoms with E-state index in [1.165, 1.54) is 12.1 Å². The summed E-state index contributed by atoms with van der Waals surface area (Å²) in [5, 5.41) is 0. The summed E-state index contributed by atoms with van der Waals surface area (Å²) in [6, 6.07) is 14.2. The second-order valence-corrected chi connectivity index (χ2v) is 8.19. The number of halogens is 1. The minimum absolute atomic E-state index is 0.0865. The molecule has 2 saturated heterocycles. The van der Waals surface area contributed by atoms with Gasteiger partial charge in [0, 0.05) is 32.5 Å². The molecule has 0 aliphatic carbocycles. The first-order chi connectivity index (χ1) is 14.5. The third kappa shape index (κ3) is 4.15. The fraction of sp³-hybridized carbons (Fsp3) is 0.458. The molecule has 0 radical (unpaired) electrons. The van der Waals surface area contributed by atoms with Crippen LogP contribution in [0, 0.1) is 5.82 Å². The van der Waals surface area contributed by atoms with Crippen LogP contribution in [-0.2, 0) is 17.7 Å². The van der Waals surface area contributed by atoms with Crippen LogP contribution in [0.3, 0.4) is 0 Å². The lowest BCUT2D eigenvalue weighted by atomic mass is 9.81. The first kappa shape index (κ1) is 20.7. The molecule has 4 rings (SSSR count). The summed E-state index contributed by atoms with van der Waals surface area (Å²) in [4.78, 5) is 17.2. The molecule has 2 fully saturated rings. The fourth-order valence-electron chi connectivity index (χ4n) is 4.64. The van der Waals surface area contributed by atoms with Crippen molar-refractivity contribution in [1.29, 1.82) is 0 Å². The number of nitrogens with zero attached hydrogens (tertiary/aromatic N) is 2.